The highest BCUT2D eigenvalue weighted by Gasteiger charge is 2.25. The van der Waals surface area contributed by atoms with Gasteiger partial charge in [0, 0.05) is 33.1 Å². The fourth-order valence-electron chi connectivity index (χ4n) is 2.57. The SMILES string of the molecule is CNC(=O)C(C)CN(C)C(=O)CC1NCCCC1C. The summed E-state index contributed by atoms with van der Waals surface area (Å²) in [6.07, 6.45) is 2.90. The molecule has 1 heterocycles. The minimum Gasteiger partial charge on any atom is -0.359 e. The standard InChI is InChI=1S/C14H27N3O2/c1-10-6-5-7-16-12(10)8-13(18)17(4)9-11(2)14(19)15-3/h10-12,16H,5-9H2,1-4H3,(H,15,19). The summed E-state index contributed by atoms with van der Waals surface area (Å²) in [5.41, 5.74) is 0. The van der Waals surface area contributed by atoms with Gasteiger partial charge in [0.2, 0.25) is 11.8 Å². The predicted octanol–water partition coefficient (Wildman–Crippen LogP) is 0.605. The number of carbonyl (C=O) groups excluding carboxylic acids is 2. The van der Waals surface area contributed by atoms with E-state index < -0.39 is 0 Å². The number of hydrogen-bond acceptors (Lipinski definition) is 3. The molecule has 110 valence electrons. The third kappa shape index (κ3) is 4.82. The Labute approximate surface area is 116 Å². The largest absolute Gasteiger partial charge is 0.359 e. The van der Waals surface area contributed by atoms with Crippen LogP contribution < -0.4 is 10.6 Å². The van der Waals surface area contributed by atoms with Crippen LogP contribution in [0.1, 0.15) is 33.1 Å². The molecule has 1 fully saturated rings. The van der Waals surface area contributed by atoms with Gasteiger partial charge in [-0.15, -0.1) is 0 Å². The number of rotatable bonds is 5. The summed E-state index contributed by atoms with van der Waals surface area (Å²) in [4.78, 5) is 25.3. The zero-order valence-electron chi connectivity index (χ0n) is 12.5. The molecule has 0 saturated carbocycles. The normalized spacial score (nSPS) is 24.6. The molecule has 0 aliphatic carbocycles. The maximum atomic E-state index is 12.2. The smallest absolute Gasteiger partial charge is 0.224 e. The second-order valence-electron chi connectivity index (χ2n) is 5.67. The van der Waals surface area contributed by atoms with Crippen LogP contribution in [0, 0.1) is 11.8 Å². The maximum absolute atomic E-state index is 12.2. The maximum Gasteiger partial charge on any atom is 0.224 e. The van der Waals surface area contributed by atoms with Crippen LogP contribution >= 0.6 is 0 Å². The molecule has 1 aliphatic heterocycles. The highest BCUT2D eigenvalue weighted by Crippen LogP contribution is 2.18. The van der Waals surface area contributed by atoms with Crippen LogP contribution in [-0.4, -0.2) is 49.9 Å². The van der Waals surface area contributed by atoms with Crippen molar-refractivity contribution in [2.24, 2.45) is 11.8 Å². The first-order chi connectivity index (χ1) is 8.95. The average molecular weight is 269 g/mol. The molecule has 3 atom stereocenters. The quantitative estimate of drug-likeness (QED) is 0.768. The third-order valence-corrected chi connectivity index (χ3v) is 3.99. The second kappa shape index (κ2) is 7.48. The van der Waals surface area contributed by atoms with Crippen molar-refractivity contribution in [3.63, 3.8) is 0 Å². The number of nitrogens with one attached hydrogen (secondary N) is 2. The molecule has 0 aromatic carbocycles. The Bertz CT molecular complexity index is 320. The highest BCUT2D eigenvalue weighted by molar-refractivity contribution is 5.80. The lowest BCUT2D eigenvalue weighted by Crippen LogP contribution is -2.45. The zero-order valence-corrected chi connectivity index (χ0v) is 12.5. The lowest BCUT2D eigenvalue weighted by Gasteiger charge is -2.31. The minimum absolute atomic E-state index is 0.0243. The highest BCUT2D eigenvalue weighted by atomic mass is 16.2. The molecular formula is C14H27N3O2. The van der Waals surface area contributed by atoms with E-state index in [9.17, 15) is 9.59 Å². The van der Waals surface area contributed by atoms with Crippen LogP contribution in [0.25, 0.3) is 0 Å². The molecule has 2 amide bonds. The van der Waals surface area contributed by atoms with Crippen LogP contribution in [0.15, 0.2) is 0 Å². The van der Waals surface area contributed by atoms with E-state index in [1.807, 2.05) is 6.92 Å². The van der Waals surface area contributed by atoms with Gasteiger partial charge in [0.15, 0.2) is 0 Å². The number of carbonyl (C=O) groups is 2. The van der Waals surface area contributed by atoms with Crippen molar-refractivity contribution < 1.29 is 9.59 Å². The number of hydrogen-bond donors (Lipinski definition) is 2. The molecule has 2 N–H and O–H groups in total. The molecular weight excluding hydrogens is 242 g/mol. The predicted molar refractivity (Wildman–Crippen MR) is 75.7 cm³/mol. The van der Waals surface area contributed by atoms with E-state index in [0.29, 0.717) is 18.9 Å². The molecule has 5 heteroatoms. The first-order valence-corrected chi connectivity index (χ1v) is 7.14. The summed E-state index contributed by atoms with van der Waals surface area (Å²) in [5, 5.41) is 6.02. The van der Waals surface area contributed by atoms with Gasteiger partial charge in [-0.1, -0.05) is 13.8 Å². The summed E-state index contributed by atoms with van der Waals surface area (Å²) < 4.78 is 0. The van der Waals surface area contributed by atoms with Crippen LogP contribution in [-0.2, 0) is 9.59 Å². The Morgan fingerprint density at radius 3 is 2.74 bits per heavy atom. The van der Waals surface area contributed by atoms with Gasteiger partial charge < -0.3 is 15.5 Å². The van der Waals surface area contributed by atoms with E-state index in [1.165, 1.54) is 12.8 Å². The van der Waals surface area contributed by atoms with Crippen molar-refractivity contribution in [3.8, 4) is 0 Å². The van der Waals surface area contributed by atoms with Crippen LogP contribution in [0.4, 0.5) is 0 Å². The van der Waals surface area contributed by atoms with Gasteiger partial charge in [0.1, 0.15) is 0 Å². The third-order valence-electron chi connectivity index (χ3n) is 3.99. The fourth-order valence-corrected chi connectivity index (χ4v) is 2.57. The van der Waals surface area contributed by atoms with Gasteiger partial charge in [0.25, 0.3) is 0 Å². The first kappa shape index (κ1) is 16.0. The molecule has 1 saturated heterocycles. The molecule has 1 aliphatic rings. The fraction of sp³-hybridized carbons (Fsp3) is 0.857. The van der Waals surface area contributed by atoms with Gasteiger partial charge in [-0.25, -0.2) is 0 Å². The number of amides is 2. The number of nitrogens with zero attached hydrogens (tertiary/aromatic N) is 1. The summed E-state index contributed by atoms with van der Waals surface area (Å²) in [6, 6.07) is 0.277. The van der Waals surface area contributed by atoms with Crippen molar-refractivity contribution in [2.75, 3.05) is 27.2 Å². The van der Waals surface area contributed by atoms with Crippen LogP contribution in [0.3, 0.4) is 0 Å². The molecule has 3 unspecified atom stereocenters. The molecule has 0 radical (unpaired) electrons. The van der Waals surface area contributed by atoms with E-state index in [2.05, 4.69) is 17.6 Å². The molecule has 0 spiro atoms. The van der Waals surface area contributed by atoms with Crippen LogP contribution in [0.2, 0.25) is 0 Å². The molecule has 0 aromatic heterocycles. The van der Waals surface area contributed by atoms with Crippen LogP contribution in [0.5, 0.6) is 0 Å². The Kier molecular flexibility index (Phi) is 6.28. The Hall–Kier alpha value is -1.10. The Morgan fingerprint density at radius 2 is 2.16 bits per heavy atom. The van der Waals surface area contributed by atoms with Gasteiger partial charge in [0.05, 0.1) is 5.92 Å². The minimum atomic E-state index is -0.171. The van der Waals surface area contributed by atoms with Crippen molar-refractivity contribution >= 4 is 11.8 Å². The molecule has 19 heavy (non-hydrogen) atoms. The van der Waals surface area contributed by atoms with Crippen molar-refractivity contribution in [3.05, 3.63) is 0 Å². The van der Waals surface area contributed by atoms with Gasteiger partial charge in [-0.2, -0.15) is 0 Å². The monoisotopic (exact) mass is 269 g/mol. The average Bonchev–Trinajstić information content (AvgIpc) is 2.40. The molecule has 1 rings (SSSR count). The molecule has 5 nitrogen and oxygen atoms in total. The van der Waals surface area contributed by atoms with Gasteiger partial charge >= 0.3 is 0 Å². The van der Waals surface area contributed by atoms with Crippen molar-refractivity contribution in [2.45, 2.75) is 39.2 Å². The van der Waals surface area contributed by atoms with Crippen molar-refractivity contribution in [1.29, 1.82) is 0 Å². The Balaban J connectivity index is 2.41. The lowest BCUT2D eigenvalue weighted by molar-refractivity contribution is -0.132. The topological polar surface area (TPSA) is 61.4 Å². The summed E-state index contributed by atoms with van der Waals surface area (Å²) >= 11 is 0. The summed E-state index contributed by atoms with van der Waals surface area (Å²) in [5.74, 6) is 0.462. The summed E-state index contributed by atoms with van der Waals surface area (Å²) in [6.45, 7) is 5.50. The van der Waals surface area contributed by atoms with E-state index in [-0.39, 0.29) is 23.8 Å². The summed E-state index contributed by atoms with van der Waals surface area (Å²) in [7, 11) is 3.39. The second-order valence-corrected chi connectivity index (χ2v) is 5.67. The van der Waals surface area contributed by atoms with E-state index in [4.69, 9.17) is 0 Å². The Morgan fingerprint density at radius 1 is 1.47 bits per heavy atom. The van der Waals surface area contributed by atoms with E-state index in [0.717, 1.165) is 6.54 Å². The zero-order chi connectivity index (χ0) is 14.4. The molecule has 0 bridgehead atoms. The van der Waals surface area contributed by atoms with Gasteiger partial charge in [-0.05, 0) is 25.3 Å². The number of piperidine rings is 1. The first-order valence-electron chi connectivity index (χ1n) is 7.14. The van der Waals surface area contributed by atoms with E-state index in [1.54, 1.807) is 19.0 Å². The lowest BCUT2D eigenvalue weighted by atomic mass is 9.90. The van der Waals surface area contributed by atoms with E-state index >= 15 is 0 Å². The van der Waals surface area contributed by atoms with Crippen molar-refractivity contribution in [1.82, 2.24) is 15.5 Å². The van der Waals surface area contributed by atoms with Gasteiger partial charge in [-0.3, -0.25) is 9.59 Å². The molecule has 0 aromatic rings.